The van der Waals surface area contributed by atoms with Gasteiger partial charge in [0.1, 0.15) is 4.90 Å². The third-order valence-electron chi connectivity index (χ3n) is 7.58. The fraction of sp³-hybridized carbons (Fsp3) is 0.393. The average molecular weight is 552 g/mol. The molecule has 0 amide bonds. The lowest BCUT2D eigenvalue weighted by molar-refractivity contribution is -0.139. The maximum Gasteiger partial charge on any atom is 0.309 e. The first-order valence-electron chi connectivity index (χ1n) is 13.0. The van der Waals surface area contributed by atoms with E-state index in [-0.39, 0.29) is 12.4 Å². The number of ether oxygens (including phenoxy) is 1. The average Bonchev–Trinajstić information content (AvgIpc) is 3.18. The predicted molar refractivity (Wildman–Crippen MR) is 150 cm³/mol. The summed E-state index contributed by atoms with van der Waals surface area (Å²) >= 11 is 6.13. The van der Waals surface area contributed by atoms with Crippen LogP contribution in [0.2, 0.25) is 5.02 Å². The first-order chi connectivity index (χ1) is 18.5. The molecular weight excluding hydrogens is 522 g/mol. The molecule has 38 heavy (non-hydrogen) atoms. The minimum Gasteiger partial charge on any atom is -0.469 e. The van der Waals surface area contributed by atoms with Crippen LogP contribution in [-0.2, 0) is 33.2 Å². The molecule has 0 spiro atoms. The number of carbonyl (C=O) groups is 1. The first kappa shape index (κ1) is 25.1. The van der Waals surface area contributed by atoms with Gasteiger partial charge in [-0.1, -0.05) is 23.7 Å². The number of piperazine rings is 1. The molecule has 2 bridgehead atoms. The molecule has 2 fully saturated rings. The van der Waals surface area contributed by atoms with Gasteiger partial charge in [0.15, 0.2) is 5.82 Å². The van der Waals surface area contributed by atoms with Crippen molar-refractivity contribution in [3.05, 3.63) is 64.8 Å². The quantitative estimate of drug-likeness (QED) is 0.448. The monoisotopic (exact) mass is 551 g/mol. The van der Waals surface area contributed by atoms with Crippen molar-refractivity contribution in [2.75, 3.05) is 41.1 Å². The number of aryl methyl sites for hydroxylation is 1. The Bertz CT molecular complexity index is 1350. The number of nitrogens with one attached hydrogen (secondary N) is 1. The van der Waals surface area contributed by atoms with Gasteiger partial charge in [0.05, 0.1) is 30.0 Å². The Hall–Kier alpha value is -3.17. The summed E-state index contributed by atoms with van der Waals surface area (Å²) in [7, 11) is 0.239. The molecule has 0 aliphatic carbocycles. The van der Waals surface area contributed by atoms with Crippen molar-refractivity contribution >= 4 is 51.5 Å². The van der Waals surface area contributed by atoms with Crippen molar-refractivity contribution in [3.8, 4) is 0 Å². The molecule has 2 aromatic carbocycles. The first-order valence-corrected chi connectivity index (χ1v) is 14.7. The standard InChI is InChI=1S/C28H30ClN5O3S/c1-37-25(35)15-18-4-8-20(9-5-18)30-27-26-24(3-2-14-38(26)36)31-28(32-27)33-16-22-12-13-23(17-33)34(22)21-10-6-19(29)7-11-21/h4-11,22-23H,2-3,12-17H2,1H3,(H,30,31,32)/t22?,23?,38-/m1/s1. The van der Waals surface area contributed by atoms with E-state index >= 15 is 0 Å². The van der Waals surface area contributed by atoms with Gasteiger partial charge in [-0.25, -0.2) is 4.98 Å². The minimum atomic E-state index is -1.15. The summed E-state index contributed by atoms with van der Waals surface area (Å²) in [5, 5.41) is 4.15. The molecule has 4 heterocycles. The summed E-state index contributed by atoms with van der Waals surface area (Å²) in [5.41, 5.74) is 3.77. The Morgan fingerprint density at radius 3 is 2.47 bits per heavy atom. The number of benzene rings is 2. The van der Waals surface area contributed by atoms with E-state index in [2.05, 4.69) is 27.2 Å². The molecule has 1 aromatic heterocycles. The van der Waals surface area contributed by atoms with Crippen LogP contribution in [0, 0.1) is 0 Å². The number of hydrogen-bond acceptors (Lipinski definition) is 8. The SMILES string of the molecule is COC(=O)Cc1ccc(Nc2nc(N3CC4CCC(C3)N4c3ccc(Cl)cc3)nc3c2[S@](=O)CCC3)cc1. The van der Waals surface area contributed by atoms with E-state index in [1.54, 1.807) is 0 Å². The van der Waals surface area contributed by atoms with Crippen molar-refractivity contribution in [1.82, 2.24) is 9.97 Å². The zero-order valence-corrected chi connectivity index (χ0v) is 22.8. The van der Waals surface area contributed by atoms with Crippen LogP contribution in [0.3, 0.4) is 0 Å². The third-order valence-corrected chi connectivity index (χ3v) is 9.37. The van der Waals surface area contributed by atoms with E-state index in [9.17, 15) is 9.00 Å². The number of esters is 1. The zero-order valence-electron chi connectivity index (χ0n) is 21.2. The number of aromatic nitrogens is 2. The maximum absolute atomic E-state index is 13.0. The molecule has 3 aliphatic rings. The van der Waals surface area contributed by atoms with E-state index < -0.39 is 10.8 Å². The molecule has 3 atom stereocenters. The summed E-state index contributed by atoms with van der Waals surface area (Å²) in [5.74, 6) is 1.64. The number of carbonyl (C=O) groups excluding carboxylic acids is 1. The molecule has 3 aromatic rings. The Morgan fingerprint density at radius 2 is 1.79 bits per heavy atom. The Labute approximate surface area is 229 Å². The fourth-order valence-corrected chi connectivity index (χ4v) is 7.23. The van der Waals surface area contributed by atoms with Crippen molar-refractivity contribution in [1.29, 1.82) is 0 Å². The normalized spacial score (nSPS) is 22.2. The number of rotatable bonds is 6. The Kier molecular flexibility index (Phi) is 6.97. The summed E-state index contributed by atoms with van der Waals surface area (Å²) in [4.78, 5) is 27.0. The van der Waals surface area contributed by atoms with E-state index in [0.29, 0.717) is 34.5 Å². The smallest absolute Gasteiger partial charge is 0.309 e. The highest BCUT2D eigenvalue weighted by atomic mass is 35.5. The Balaban J connectivity index is 1.27. The topological polar surface area (TPSA) is 87.7 Å². The molecule has 2 unspecified atom stereocenters. The summed E-state index contributed by atoms with van der Waals surface area (Å²) in [6.45, 7) is 1.67. The van der Waals surface area contributed by atoms with Gasteiger partial charge in [-0.15, -0.1) is 0 Å². The second-order valence-corrected chi connectivity index (χ2v) is 12.0. The minimum absolute atomic E-state index is 0.220. The van der Waals surface area contributed by atoms with Gasteiger partial charge >= 0.3 is 5.97 Å². The number of methoxy groups -OCH3 is 1. The maximum atomic E-state index is 13.0. The number of anilines is 4. The second kappa shape index (κ2) is 10.5. The Morgan fingerprint density at radius 1 is 1.08 bits per heavy atom. The molecule has 1 N–H and O–H groups in total. The lowest BCUT2D eigenvalue weighted by Crippen LogP contribution is -2.54. The van der Waals surface area contributed by atoms with Crippen LogP contribution in [-0.4, -0.2) is 58.2 Å². The largest absolute Gasteiger partial charge is 0.469 e. The van der Waals surface area contributed by atoms with Crippen LogP contribution in [0.4, 0.5) is 23.1 Å². The van der Waals surface area contributed by atoms with Gasteiger partial charge in [0, 0.05) is 47.3 Å². The molecular formula is C28H30ClN5O3S. The van der Waals surface area contributed by atoms with E-state index in [1.807, 2.05) is 36.4 Å². The number of fused-ring (bicyclic) bond motifs is 3. The molecule has 198 valence electrons. The van der Waals surface area contributed by atoms with Crippen LogP contribution in [0.1, 0.15) is 30.5 Å². The summed E-state index contributed by atoms with van der Waals surface area (Å²) in [6, 6.07) is 16.5. The third kappa shape index (κ3) is 4.97. The van der Waals surface area contributed by atoms with Gasteiger partial charge in [0.25, 0.3) is 0 Å². The van der Waals surface area contributed by atoms with Crippen LogP contribution in [0.15, 0.2) is 53.4 Å². The summed E-state index contributed by atoms with van der Waals surface area (Å²) < 4.78 is 17.8. The highest BCUT2D eigenvalue weighted by Gasteiger charge is 2.41. The van der Waals surface area contributed by atoms with E-state index in [0.717, 1.165) is 60.7 Å². The van der Waals surface area contributed by atoms with Crippen LogP contribution >= 0.6 is 11.6 Å². The van der Waals surface area contributed by atoms with Gasteiger partial charge in [-0.3, -0.25) is 9.00 Å². The van der Waals surface area contributed by atoms with Gasteiger partial charge in [0.2, 0.25) is 5.95 Å². The van der Waals surface area contributed by atoms with Crippen LogP contribution in [0.25, 0.3) is 0 Å². The predicted octanol–water partition coefficient (Wildman–Crippen LogP) is 4.50. The van der Waals surface area contributed by atoms with Crippen molar-refractivity contribution in [3.63, 3.8) is 0 Å². The van der Waals surface area contributed by atoms with Crippen molar-refractivity contribution < 1.29 is 13.7 Å². The lowest BCUT2D eigenvalue weighted by atomic mass is 10.1. The fourth-order valence-electron chi connectivity index (χ4n) is 5.77. The van der Waals surface area contributed by atoms with E-state index in [1.165, 1.54) is 12.8 Å². The highest BCUT2D eigenvalue weighted by Crippen LogP contribution is 2.38. The van der Waals surface area contributed by atoms with Crippen molar-refractivity contribution in [2.24, 2.45) is 0 Å². The molecule has 2 saturated heterocycles. The van der Waals surface area contributed by atoms with Gasteiger partial charge < -0.3 is 19.9 Å². The van der Waals surface area contributed by atoms with Crippen molar-refractivity contribution in [2.45, 2.75) is 49.1 Å². The zero-order chi connectivity index (χ0) is 26.2. The van der Waals surface area contributed by atoms with E-state index in [4.69, 9.17) is 26.3 Å². The molecule has 0 radical (unpaired) electrons. The number of hydrogen-bond donors (Lipinski definition) is 1. The molecule has 3 aliphatic heterocycles. The second-order valence-electron chi connectivity index (χ2n) is 10.0. The van der Waals surface area contributed by atoms with Gasteiger partial charge in [-0.05, 0) is 67.6 Å². The van der Waals surface area contributed by atoms with Crippen LogP contribution in [0.5, 0.6) is 0 Å². The molecule has 10 heteroatoms. The number of halogens is 1. The highest BCUT2D eigenvalue weighted by molar-refractivity contribution is 7.85. The van der Waals surface area contributed by atoms with Crippen LogP contribution < -0.4 is 15.1 Å². The molecule has 8 nitrogen and oxygen atoms in total. The number of nitrogens with zero attached hydrogens (tertiary/aromatic N) is 4. The van der Waals surface area contributed by atoms with Gasteiger partial charge in [-0.2, -0.15) is 4.98 Å². The summed E-state index contributed by atoms with van der Waals surface area (Å²) in [6.07, 6.45) is 4.12. The lowest BCUT2D eigenvalue weighted by Gasteiger charge is -2.42. The molecule has 0 saturated carbocycles. The molecule has 6 rings (SSSR count).